The molecule has 2 aliphatic rings. The zero-order valence-electron chi connectivity index (χ0n) is 31.3. The Kier molecular flexibility index (Phi) is 13.5. The lowest BCUT2D eigenvalue weighted by atomic mass is 10.1. The molecule has 0 spiro atoms. The van der Waals surface area contributed by atoms with E-state index in [0.717, 1.165) is 11.1 Å². The molecule has 294 valence electrons. The van der Waals surface area contributed by atoms with E-state index >= 15 is 0 Å². The molecule has 2 saturated heterocycles. The second kappa shape index (κ2) is 18.3. The molecule has 3 aromatic carbocycles. The van der Waals surface area contributed by atoms with Gasteiger partial charge in [0, 0.05) is 93.3 Å². The Labute approximate surface area is 328 Å². The highest BCUT2D eigenvalue weighted by molar-refractivity contribution is 7.89. The molecule has 2 amide bonds. The highest BCUT2D eigenvalue weighted by Gasteiger charge is 2.27. The van der Waals surface area contributed by atoms with Crippen molar-refractivity contribution in [3.05, 3.63) is 99.9 Å². The van der Waals surface area contributed by atoms with Gasteiger partial charge in [-0.25, -0.2) is 21.8 Å². The highest BCUT2D eigenvalue weighted by atomic mass is 32.2. The summed E-state index contributed by atoms with van der Waals surface area (Å²) in [5.74, 6) is -0.218. The van der Waals surface area contributed by atoms with Gasteiger partial charge in [0.25, 0.3) is 11.8 Å². The average molecular weight is 808 g/mol. The van der Waals surface area contributed by atoms with E-state index in [-0.39, 0.29) is 23.3 Å². The summed E-state index contributed by atoms with van der Waals surface area (Å²) >= 11 is 1.23. The number of nitrogens with one attached hydrogen (secondary N) is 2. The summed E-state index contributed by atoms with van der Waals surface area (Å²) in [6.45, 7) is 9.85. The third-order valence-corrected chi connectivity index (χ3v) is 14.7. The van der Waals surface area contributed by atoms with Crippen molar-refractivity contribution in [3.63, 3.8) is 0 Å². The molecule has 0 atom stereocenters. The van der Waals surface area contributed by atoms with E-state index in [2.05, 4.69) is 25.4 Å². The molecule has 0 unspecified atom stereocenters. The second-order valence-corrected chi connectivity index (χ2v) is 18.9. The predicted molar refractivity (Wildman–Crippen MR) is 218 cm³/mol. The first-order valence-corrected chi connectivity index (χ1v) is 22.8. The van der Waals surface area contributed by atoms with Crippen molar-refractivity contribution in [1.82, 2.24) is 23.4 Å². The molecule has 16 heteroatoms. The highest BCUT2D eigenvalue weighted by Crippen LogP contribution is 2.25. The van der Waals surface area contributed by atoms with Crippen molar-refractivity contribution in [2.45, 2.75) is 39.8 Å². The SMILES string of the molecule is CCCS(=O)(=O)N1CCN(Cc2ccc(NC(=O)c3cccc(-c4csc(C(=O)Nc5ccc(CN6CCN(S(=O)(=O)CCC)CC6)cc5)n4)c3)cc2)CC1. The normalized spacial score (nSPS) is 16.5. The number of nitrogens with zero attached hydrogens (tertiary/aromatic N) is 5. The number of hydrogen-bond acceptors (Lipinski definition) is 10. The van der Waals surface area contributed by atoms with E-state index in [9.17, 15) is 26.4 Å². The second-order valence-electron chi connectivity index (χ2n) is 13.9. The Balaban J connectivity index is 0.972. The minimum absolute atomic E-state index is 0.187. The number of hydrogen-bond donors (Lipinski definition) is 2. The van der Waals surface area contributed by atoms with Gasteiger partial charge in [0.05, 0.1) is 17.2 Å². The summed E-state index contributed by atoms with van der Waals surface area (Å²) in [7, 11) is -6.35. The minimum Gasteiger partial charge on any atom is -0.322 e. The van der Waals surface area contributed by atoms with Crippen LogP contribution in [0.1, 0.15) is 58.0 Å². The summed E-state index contributed by atoms with van der Waals surface area (Å²) in [5, 5.41) is 7.97. The van der Waals surface area contributed by atoms with Crippen molar-refractivity contribution >= 4 is 54.6 Å². The van der Waals surface area contributed by atoms with E-state index in [0.29, 0.717) is 111 Å². The molecule has 6 rings (SSSR count). The number of aromatic nitrogens is 1. The van der Waals surface area contributed by atoms with Crippen molar-refractivity contribution in [2.24, 2.45) is 0 Å². The van der Waals surface area contributed by atoms with E-state index in [4.69, 9.17) is 0 Å². The van der Waals surface area contributed by atoms with Crippen LogP contribution in [0, 0.1) is 0 Å². The standard InChI is InChI=1S/C39H49N7O6S3/c1-3-24-54(49,50)45-20-16-43(17-21-45)27-30-8-12-34(13-9-30)40-37(47)33-7-5-6-32(26-33)36-29-53-39(42-36)38(48)41-35-14-10-31(11-15-35)28-44-18-22-46(23-19-44)55(51,52)25-4-2/h5-15,26,29H,3-4,16-25,27-28H2,1-2H3,(H,40,47)(H,41,48). The molecule has 13 nitrogen and oxygen atoms in total. The smallest absolute Gasteiger partial charge is 0.284 e. The molecule has 3 heterocycles. The molecule has 4 aromatic rings. The maximum atomic E-state index is 13.2. The van der Waals surface area contributed by atoms with Gasteiger partial charge in [-0.3, -0.25) is 19.4 Å². The molecular weight excluding hydrogens is 759 g/mol. The summed E-state index contributed by atoms with van der Waals surface area (Å²) < 4.78 is 52.7. The van der Waals surface area contributed by atoms with Crippen molar-refractivity contribution in [1.29, 1.82) is 0 Å². The van der Waals surface area contributed by atoms with E-state index in [1.165, 1.54) is 11.3 Å². The molecule has 55 heavy (non-hydrogen) atoms. The fourth-order valence-electron chi connectivity index (χ4n) is 6.73. The number of sulfonamides is 2. The van der Waals surface area contributed by atoms with Crippen LogP contribution in [0.5, 0.6) is 0 Å². The molecule has 0 aliphatic carbocycles. The quantitative estimate of drug-likeness (QED) is 0.169. The van der Waals surface area contributed by atoms with Crippen LogP contribution in [0.25, 0.3) is 11.3 Å². The monoisotopic (exact) mass is 807 g/mol. The summed E-state index contributed by atoms with van der Waals surface area (Å²) in [6, 6.07) is 22.4. The predicted octanol–water partition coefficient (Wildman–Crippen LogP) is 5.03. The Morgan fingerprint density at radius 3 is 1.60 bits per heavy atom. The van der Waals surface area contributed by atoms with Crippen LogP contribution in [0.2, 0.25) is 0 Å². The summed E-state index contributed by atoms with van der Waals surface area (Å²) in [5.41, 5.74) is 5.23. The number of thiazole rings is 1. The first-order valence-electron chi connectivity index (χ1n) is 18.7. The van der Waals surface area contributed by atoms with Crippen LogP contribution in [0.15, 0.2) is 78.2 Å². The fraction of sp³-hybridized carbons (Fsp3) is 0.410. The van der Waals surface area contributed by atoms with Crippen LogP contribution in [0.4, 0.5) is 11.4 Å². The molecule has 2 aliphatic heterocycles. The van der Waals surface area contributed by atoms with Gasteiger partial charge >= 0.3 is 0 Å². The zero-order valence-corrected chi connectivity index (χ0v) is 33.8. The maximum Gasteiger partial charge on any atom is 0.284 e. The van der Waals surface area contributed by atoms with Gasteiger partial charge in [0.2, 0.25) is 20.0 Å². The third kappa shape index (κ3) is 10.8. The van der Waals surface area contributed by atoms with Crippen molar-refractivity contribution < 1.29 is 26.4 Å². The topological polar surface area (TPSA) is 152 Å². The van der Waals surface area contributed by atoms with Gasteiger partial charge in [-0.05, 0) is 60.4 Å². The van der Waals surface area contributed by atoms with Gasteiger partial charge < -0.3 is 10.6 Å². The minimum atomic E-state index is -3.18. The lowest BCUT2D eigenvalue weighted by Gasteiger charge is -2.34. The molecule has 1 aromatic heterocycles. The first kappa shape index (κ1) is 40.6. The van der Waals surface area contributed by atoms with Crippen LogP contribution in [-0.4, -0.2) is 116 Å². The number of benzene rings is 3. The molecule has 2 fully saturated rings. The Hall–Kier alpha value is -4.03. The molecule has 2 N–H and O–H groups in total. The van der Waals surface area contributed by atoms with Crippen molar-refractivity contribution in [3.8, 4) is 11.3 Å². The lowest BCUT2D eigenvalue weighted by Crippen LogP contribution is -2.48. The van der Waals surface area contributed by atoms with Crippen LogP contribution >= 0.6 is 11.3 Å². The molecule has 0 saturated carbocycles. The first-order chi connectivity index (χ1) is 26.4. The number of piperazine rings is 2. The average Bonchev–Trinajstić information content (AvgIpc) is 3.68. The van der Waals surface area contributed by atoms with Gasteiger partial charge in [-0.1, -0.05) is 50.2 Å². The van der Waals surface area contributed by atoms with Crippen LogP contribution in [-0.2, 0) is 33.1 Å². The molecular formula is C39H49N7O6S3. The number of rotatable bonds is 15. The Morgan fingerprint density at radius 2 is 1.13 bits per heavy atom. The zero-order chi connectivity index (χ0) is 39.0. The van der Waals surface area contributed by atoms with Gasteiger partial charge in [-0.15, -0.1) is 11.3 Å². The van der Waals surface area contributed by atoms with E-state index < -0.39 is 20.0 Å². The van der Waals surface area contributed by atoms with E-state index in [1.807, 2.05) is 68.4 Å². The molecule has 0 radical (unpaired) electrons. The van der Waals surface area contributed by atoms with Gasteiger partial charge in [0.1, 0.15) is 0 Å². The lowest BCUT2D eigenvalue weighted by molar-refractivity contribution is 0.101. The summed E-state index contributed by atoms with van der Waals surface area (Å²) in [6.07, 6.45) is 1.23. The number of anilines is 2. The third-order valence-electron chi connectivity index (χ3n) is 9.73. The number of carbonyl (C=O) groups is 2. The van der Waals surface area contributed by atoms with Gasteiger partial charge in [-0.2, -0.15) is 8.61 Å². The van der Waals surface area contributed by atoms with Crippen LogP contribution in [0.3, 0.4) is 0 Å². The Bertz CT molecular complexity index is 2140. The Morgan fingerprint density at radius 1 is 0.655 bits per heavy atom. The number of amides is 2. The largest absolute Gasteiger partial charge is 0.322 e. The van der Waals surface area contributed by atoms with Crippen LogP contribution < -0.4 is 10.6 Å². The maximum absolute atomic E-state index is 13.2. The summed E-state index contributed by atoms with van der Waals surface area (Å²) in [4.78, 5) is 35.3. The van der Waals surface area contributed by atoms with E-state index in [1.54, 1.807) is 32.2 Å². The van der Waals surface area contributed by atoms with Crippen molar-refractivity contribution in [2.75, 3.05) is 74.5 Å². The fourth-order valence-corrected chi connectivity index (χ4v) is 10.4. The number of carbonyl (C=O) groups excluding carboxylic acids is 2. The van der Waals surface area contributed by atoms with Gasteiger partial charge in [0.15, 0.2) is 5.01 Å². The molecule has 0 bridgehead atoms.